The highest BCUT2D eigenvalue weighted by Crippen LogP contribution is 2.20. The summed E-state index contributed by atoms with van der Waals surface area (Å²) >= 11 is 0. The van der Waals surface area contributed by atoms with Gasteiger partial charge in [-0.05, 0) is 48.7 Å². The fourth-order valence-electron chi connectivity index (χ4n) is 2.40. The second-order valence-electron chi connectivity index (χ2n) is 6.01. The van der Waals surface area contributed by atoms with E-state index in [2.05, 4.69) is 11.6 Å². The van der Waals surface area contributed by atoms with Gasteiger partial charge in [-0.25, -0.2) is 16.8 Å². The smallest absolute Gasteiger partial charge is 0.261 e. The molecule has 0 bridgehead atoms. The molecule has 0 saturated carbocycles. The van der Waals surface area contributed by atoms with E-state index in [9.17, 15) is 16.8 Å². The van der Waals surface area contributed by atoms with Crippen molar-refractivity contribution in [3.8, 4) is 0 Å². The van der Waals surface area contributed by atoms with Crippen molar-refractivity contribution in [1.29, 1.82) is 0 Å². The van der Waals surface area contributed by atoms with Crippen molar-refractivity contribution in [2.45, 2.75) is 42.4 Å². The molecule has 136 valence electrons. The molecule has 0 aromatic heterocycles. The summed E-state index contributed by atoms with van der Waals surface area (Å²) in [5.74, 6) is 0. The second-order valence-corrected chi connectivity index (χ2v) is 9.70. The number of benzene rings is 2. The molecule has 0 heterocycles. The molecule has 0 atom stereocenters. The average molecular weight is 382 g/mol. The number of unbranched alkanes of at least 4 members (excludes halogenated alkanes) is 2. The second kappa shape index (κ2) is 8.01. The Kier molecular flexibility index (Phi) is 6.24. The van der Waals surface area contributed by atoms with Crippen LogP contribution in [0.4, 0.5) is 5.69 Å². The maximum Gasteiger partial charge on any atom is 0.261 e. The summed E-state index contributed by atoms with van der Waals surface area (Å²) in [6.07, 6.45) is 5.45. The lowest BCUT2D eigenvalue weighted by Crippen LogP contribution is -2.13. The molecular formula is C18H23NO4S2. The third-order valence-corrected chi connectivity index (χ3v) is 6.31. The van der Waals surface area contributed by atoms with Crippen LogP contribution in [0.2, 0.25) is 0 Å². The van der Waals surface area contributed by atoms with Crippen molar-refractivity contribution >= 4 is 25.5 Å². The van der Waals surface area contributed by atoms with Crippen LogP contribution in [-0.4, -0.2) is 23.1 Å². The van der Waals surface area contributed by atoms with Gasteiger partial charge in [0.2, 0.25) is 0 Å². The molecule has 0 unspecified atom stereocenters. The zero-order valence-corrected chi connectivity index (χ0v) is 16.0. The van der Waals surface area contributed by atoms with Gasteiger partial charge in [-0.2, -0.15) is 0 Å². The lowest BCUT2D eigenvalue weighted by atomic mass is 10.1. The summed E-state index contributed by atoms with van der Waals surface area (Å²) in [5, 5.41) is 0. The number of hydrogen-bond acceptors (Lipinski definition) is 4. The van der Waals surface area contributed by atoms with Crippen LogP contribution in [0.15, 0.2) is 58.3 Å². The van der Waals surface area contributed by atoms with E-state index in [1.807, 2.05) is 12.1 Å². The zero-order chi connectivity index (χ0) is 18.5. The number of sulfonamides is 1. The Morgan fingerprint density at radius 2 is 1.52 bits per heavy atom. The standard InChI is InChI=1S/C18H23NO4S2/c1-3-4-5-7-15-10-12-16(13-11-15)19-25(22,23)18-9-6-8-17(14-18)24(2,20)21/h6,8-14,19H,3-5,7H2,1-2H3. The molecular weight excluding hydrogens is 358 g/mol. The van der Waals surface area contributed by atoms with E-state index >= 15 is 0 Å². The molecule has 0 aliphatic rings. The van der Waals surface area contributed by atoms with Crippen molar-refractivity contribution < 1.29 is 16.8 Å². The molecule has 2 aromatic rings. The Labute approximate surface area is 150 Å². The van der Waals surface area contributed by atoms with Crippen molar-refractivity contribution in [1.82, 2.24) is 0 Å². The summed E-state index contributed by atoms with van der Waals surface area (Å²) in [5.41, 5.74) is 1.61. The Morgan fingerprint density at radius 3 is 2.12 bits per heavy atom. The number of rotatable bonds is 8. The molecule has 0 amide bonds. The largest absolute Gasteiger partial charge is 0.280 e. The van der Waals surface area contributed by atoms with E-state index in [1.165, 1.54) is 24.6 Å². The van der Waals surface area contributed by atoms with Crippen molar-refractivity contribution in [2.24, 2.45) is 0 Å². The van der Waals surface area contributed by atoms with Gasteiger partial charge in [0, 0.05) is 11.9 Å². The van der Waals surface area contributed by atoms with E-state index in [-0.39, 0.29) is 9.79 Å². The van der Waals surface area contributed by atoms with E-state index in [1.54, 1.807) is 12.1 Å². The molecule has 0 spiro atoms. The Balaban J connectivity index is 2.16. The van der Waals surface area contributed by atoms with Crippen LogP contribution in [0.5, 0.6) is 0 Å². The molecule has 0 aliphatic carbocycles. The molecule has 5 nitrogen and oxygen atoms in total. The number of sulfone groups is 1. The monoisotopic (exact) mass is 381 g/mol. The van der Waals surface area contributed by atoms with Crippen LogP contribution in [-0.2, 0) is 26.3 Å². The summed E-state index contributed by atoms with van der Waals surface area (Å²) in [6, 6.07) is 12.6. The molecule has 7 heteroatoms. The number of nitrogens with one attached hydrogen (secondary N) is 1. The molecule has 0 radical (unpaired) electrons. The normalized spacial score (nSPS) is 12.1. The third kappa shape index (κ3) is 5.57. The van der Waals surface area contributed by atoms with Gasteiger partial charge in [0.05, 0.1) is 9.79 Å². The van der Waals surface area contributed by atoms with Gasteiger partial charge in [0.1, 0.15) is 0 Å². The number of aryl methyl sites for hydroxylation is 1. The van der Waals surface area contributed by atoms with E-state index in [0.717, 1.165) is 37.1 Å². The van der Waals surface area contributed by atoms with Crippen LogP contribution >= 0.6 is 0 Å². The summed E-state index contributed by atoms with van der Waals surface area (Å²) < 4.78 is 50.6. The van der Waals surface area contributed by atoms with E-state index in [4.69, 9.17) is 0 Å². The van der Waals surface area contributed by atoms with Gasteiger partial charge in [-0.15, -0.1) is 0 Å². The Hall–Kier alpha value is -1.86. The van der Waals surface area contributed by atoms with Gasteiger partial charge in [0.25, 0.3) is 10.0 Å². The summed E-state index contributed by atoms with van der Waals surface area (Å²) in [6.45, 7) is 2.15. The average Bonchev–Trinajstić information content (AvgIpc) is 2.56. The van der Waals surface area contributed by atoms with Gasteiger partial charge in [-0.3, -0.25) is 4.72 Å². The van der Waals surface area contributed by atoms with Crippen molar-refractivity contribution in [2.75, 3.05) is 11.0 Å². The fourth-order valence-corrected chi connectivity index (χ4v) is 4.25. The van der Waals surface area contributed by atoms with Crippen molar-refractivity contribution in [3.05, 3.63) is 54.1 Å². The van der Waals surface area contributed by atoms with E-state index < -0.39 is 19.9 Å². The summed E-state index contributed by atoms with van der Waals surface area (Å²) in [4.78, 5) is -0.107. The molecule has 2 rings (SSSR count). The SMILES string of the molecule is CCCCCc1ccc(NS(=O)(=O)c2cccc(S(C)(=O)=O)c2)cc1. The highest BCUT2D eigenvalue weighted by atomic mass is 32.2. The maximum absolute atomic E-state index is 12.5. The first-order valence-corrected chi connectivity index (χ1v) is 11.5. The molecule has 1 N–H and O–H groups in total. The predicted molar refractivity (Wildman–Crippen MR) is 100 cm³/mol. The highest BCUT2D eigenvalue weighted by molar-refractivity contribution is 7.93. The minimum Gasteiger partial charge on any atom is -0.280 e. The molecule has 0 fully saturated rings. The number of hydrogen-bond donors (Lipinski definition) is 1. The topological polar surface area (TPSA) is 80.3 Å². The van der Waals surface area contributed by atoms with Crippen molar-refractivity contribution in [3.63, 3.8) is 0 Å². The Bertz CT molecular complexity index is 918. The maximum atomic E-state index is 12.5. The first kappa shape index (κ1) is 19.5. The van der Waals surface area contributed by atoms with Crippen LogP contribution in [0.3, 0.4) is 0 Å². The van der Waals surface area contributed by atoms with Gasteiger partial charge >= 0.3 is 0 Å². The van der Waals surface area contributed by atoms with Crippen LogP contribution in [0.1, 0.15) is 31.7 Å². The van der Waals surface area contributed by atoms with Crippen LogP contribution in [0.25, 0.3) is 0 Å². The fraction of sp³-hybridized carbons (Fsp3) is 0.333. The highest BCUT2D eigenvalue weighted by Gasteiger charge is 2.17. The predicted octanol–water partition coefficient (Wildman–Crippen LogP) is 3.62. The first-order chi connectivity index (χ1) is 11.7. The lowest BCUT2D eigenvalue weighted by molar-refractivity contribution is 0.599. The molecule has 0 aliphatic heterocycles. The van der Waals surface area contributed by atoms with Gasteiger partial charge in [0.15, 0.2) is 9.84 Å². The molecule has 25 heavy (non-hydrogen) atoms. The molecule has 2 aromatic carbocycles. The minimum absolute atomic E-state index is 0.0263. The lowest BCUT2D eigenvalue weighted by Gasteiger charge is -2.10. The first-order valence-electron chi connectivity index (χ1n) is 8.14. The van der Waals surface area contributed by atoms with Crippen LogP contribution < -0.4 is 4.72 Å². The number of anilines is 1. The minimum atomic E-state index is -3.84. The summed E-state index contributed by atoms with van der Waals surface area (Å²) in [7, 11) is -7.31. The van der Waals surface area contributed by atoms with E-state index in [0.29, 0.717) is 5.69 Å². The quantitative estimate of drug-likeness (QED) is 0.708. The van der Waals surface area contributed by atoms with Gasteiger partial charge < -0.3 is 0 Å². The van der Waals surface area contributed by atoms with Crippen LogP contribution in [0, 0.1) is 0 Å². The zero-order valence-electron chi connectivity index (χ0n) is 14.4. The van der Waals surface area contributed by atoms with Gasteiger partial charge in [-0.1, -0.05) is 38.0 Å². The Morgan fingerprint density at radius 1 is 0.880 bits per heavy atom. The molecule has 0 saturated heterocycles. The third-order valence-electron chi connectivity index (χ3n) is 3.82.